The van der Waals surface area contributed by atoms with Gasteiger partial charge in [0, 0.05) is 28.2 Å². The monoisotopic (exact) mass is 309 g/mol. The molecule has 0 heterocycles. The second-order valence-electron chi connectivity index (χ2n) is 5.08. The quantitative estimate of drug-likeness (QED) is 0.833. The summed E-state index contributed by atoms with van der Waals surface area (Å²) in [6, 6.07) is 10.7. The molecule has 0 aliphatic heterocycles. The van der Waals surface area contributed by atoms with E-state index < -0.39 is 0 Å². The molecule has 3 rings (SSSR count). The third-order valence-electron chi connectivity index (χ3n) is 3.45. The molecule has 0 saturated heterocycles. The first-order valence-corrected chi connectivity index (χ1v) is 7.36. The number of hydrogen-bond donors (Lipinski definition) is 1. The van der Waals surface area contributed by atoms with Crippen molar-refractivity contribution in [2.75, 3.05) is 0 Å². The molecule has 1 aliphatic carbocycles. The van der Waals surface area contributed by atoms with Crippen molar-refractivity contribution < 1.29 is 4.39 Å². The summed E-state index contributed by atoms with van der Waals surface area (Å²) in [5.74, 6) is -0.230. The van der Waals surface area contributed by atoms with Gasteiger partial charge < -0.3 is 5.32 Å². The first kappa shape index (κ1) is 13.9. The Balaban J connectivity index is 1.97. The fourth-order valence-electron chi connectivity index (χ4n) is 2.22. The molecule has 0 radical (unpaired) electrons. The van der Waals surface area contributed by atoms with E-state index in [4.69, 9.17) is 23.2 Å². The summed E-state index contributed by atoms with van der Waals surface area (Å²) in [6.45, 7) is 0.650. The van der Waals surface area contributed by atoms with Crippen LogP contribution < -0.4 is 5.32 Å². The minimum Gasteiger partial charge on any atom is -0.310 e. The Labute approximate surface area is 127 Å². The Morgan fingerprint density at radius 2 is 1.80 bits per heavy atom. The van der Waals surface area contributed by atoms with Gasteiger partial charge in [0.05, 0.1) is 0 Å². The summed E-state index contributed by atoms with van der Waals surface area (Å²) < 4.78 is 13.5. The number of halogens is 3. The highest BCUT2D eigenvalue weighted by Gasteiger charge is 2.21. The third-order valence-corrected chi connectivity index (χ3v) is 3.99. The molecule has 2 aromatic carbocycles. The Morgan fingerprint density at radius 3 is 2.50 bits per heavy atom. The molecule has 0 atom stereocenters. The average molecular weight is 310 g/mol. The fraction of sp³-hybridized carbons (Fsp3) is 0.250. The molecule has 0 bridgehead atoms. The predicted molar refractivity (Wildman–Crippen MR) is 81.7 cm³/mol. The van der Waals surface area contributed by atoms with Crippen LogP contribution in [0.25, 0.3) is 11.1 Å². The highest BCUT2D eigenvalue weighted by atomic mass is 35.5. The predicted octanol–water partition coefficient (Wildman–Crippen LogP) is 5.05. The molecule has 1 saturated carbocycles. The zero-order chi connectivity index (χ0) is 14.1. The number of rotatable bonds is 4. The summed E-state index contributed by atoms with van der Waals surface area (Å²) in [6.07, 6.45) is 2.40. The molecule has 0 amide bonds. The van der Waals surface area contributed by atoms with Crippen LogP contribution in [0.5, 0.6) is 0 Å². The van der Waals surface area contributed by atoms with Gasteiger partial charge in [0.15, 0.2) is 0 Å². The van der Waals surface area contributed by atoms with E-state index in [1.807, 2.05) is 6.07 Å². The molecule has 0 unspecified atom stereocenters. The zero-order valence-electron chi connectivity index (χ0n) is 10.8. The van der Waals surface area contributed by atoms with Crippen LogP contribution >= 0.6 is 23.2 Å². The van der Waals surface area contributed by atoms with Gasteiger partial charge in [-0.1, -0.05) is 35.3 Å². The fourth-order valence-corrected chi connectivity index (χ4v) is 2.73. The summed E-state index contributed by atoms with van der Waals surface area (Å²) in [5.41, 5.74) is 2.74. The lowest BCUT2D eigenvalue weighted by molar-refractivity contribution is 0.620. The number of benzene rings is 2. The zero-order valence-corrected chi connectivity index (χ0v) is 12.3. The van der Waals surface area contributed by atoms with Crippen LogP contribution in [0.1, 0.15) is 18.4 Å². The lowest BCUT2D eigenvalue weighted by atomic mass is 9.99. The van der Waals surface area contributed by atoms with E-state index >= 15 is 0 Å². The Morgan fingerprint density at radius 1 is 1.05 bits per heavy atom. The number of hydrogen-bond acceptors (Lipinski definition) is 1. The highest BCUT2D eigenvalue weighted by Crippen LogP contribution is 2.33. The Kier molecular flexibility index (Phi) is 3.97. The van der Waals surface area contributed by atoms with Crippen LogP contribution in [0.15, 0.2) is 36.4 Å². The normalized spacial score (nSPS) is 14.6. The van der Waals surface area contributed by atoms with Gasteiger partial charge in [-0.25, -0.2) is 4.39 Å². The molecular weight excluding hydrogens is 296 g/mol. The molecule has 1 fully saturated rings. The molecule has 0 aromatic heterocycles. The topological polar surface area (TPSA) is 12.0 Å². The second-order valence-corrected chi connectivity index (χ2v) is 5.92. The van der Waals surface area contributed by atoms with Crippen molar-refractivity contribution in [3.8, 4) is 11.1 Å². The van der Waals surface area contributed by atoms with Crippen LogP contribution in [-0.2, 0) is 6.54 Å². The minimum atomic E-state index is -0.230. The molecule has 20 heavy (non-hydrogen) atoms. The van der Waals surface area contributed by atoms with E-state index in [2.05, 4.69) is 5.32 Å². The van der Waals surface area contributed by atoms with Crippen LogP contribution in [-0.4, -0.2) is 6.04 Å². The number of nitrogens with one attached hydrogen (secondary N) is 1. The van der Waals surface area contributed by atoms with E-state index in [-0.39, 0.29) is 5.82 Å². The van der Waals surface area contributed by atoms with E-state index in [0.717, 1.165) is 16.7 Å². The molecule has 4 heteroatoms. The summed E-state index contributed by atoms with van der Waals surface area (Å²) in [5, 5.41) is 4.58. The molecule has 1 aliphatic rings. The van der Waals surface area contributed by atoms with E-state index in [1.165, 1.54) is 18.9 Å². The van der Waals surface area contributed by atoms with Crippen molar-refractivity contribution in [2.45, 2.75) is 25.4 Å². The van der Waals surface area contributed by atoms with Gasteiger partial charge in [-0.05, 0) is 48.2 Å². The maximum atomic E-state index is 13.5. The first-order valence-electron chi connectivity index (χ1n) is 6.61. The van der Waals surface area contributed by atoms with Gasteiger partial charge in [0.2, 0.25) is 0 Å². The Bertz CT molecular complexity index is 638. The SMILES string of the molecule is Fc1ccc(-c2ccc(Cl)cc2Cl)c(CNC2CC2)c1. The average Bonchev–Trinajstić information content (AvgIpc) is 3.21. The summed E-state index contributed by atoms with van der Waals surface area (Å²) in [7, 11) is 0. The summed E-state index contributed by atoms with van der Waals surface area (Å²) >= 11 is 12.2. The lowest BCUT2D eigenvalue weighted by Gasteiger charge is -2.12. The van der Waals surface area contributed by atoms with Crippen LogP contribution in [0.3, 0.4) is 0 Å². The van der Waals surface area contributed by atoms with E-state index in [0.29, 0.717) is 22.6 Å². The first-order chi connectivity index (χ1) is 9.63. The largest absolute Gasteiger partial charge is 0.310 e. The molecular formula is C16H14Cl2FN. The van der Waals surface area contributed by atoms with Gasteiger partial charge in [0.25, 0.3) is 0 Å². The van der Waals surface area contributed by atoms with Crippen LogP contribution in [0, 0.1) is 5.82 Å². The molecule has 1 N–H and O–H groups in total. The molecule has 104 valence electrons. The Hall–Kier alpha value is -1.09. The van der Waals surface area contributed by atoms with E-state index in [1.54, 1.807) is 24.3 Å². The van der Waals surface area contributed by atoms with Crippen molar-refractivity contribution in [3.05, 3.63) is 57.8 Å². The van der Waals surface area contributed by atoms with Gasteiger partial charge in [-0.15, -0.1) is 0 Å². The standard InChI is InChI=1S/C16H14Cl2FN/c17-11-1-5-15(16(18)8-11)14-6-2-12(19)7-10(14)9-20-13-3-4-13/h1-2,5-8,13,20H,3-4,9H2. The third kappa shape index (κ3) is 3.14. The maximum absolute atomic E-state index is 13.5. The smallest absolute Gasteiger partial charge is 0.123 e. The van der Waals surface area contributed by atoms with Crippen LogP contribution in [0.4, 0.5) is 4.39 Å². The molecule has 2 aromatic rings. The van der Waals surface area contributed by atoms with Crippen LogP contribution in [0.2, 0.25) is 10.0 Å². The van der Waals surface area contributed by atoms with Gasteiger partial charge in [-0.2, -0.15) is 0 Å². The van der Waals surface area contributed by atoms with Crippen molar-refractivity contribution in [1.29, 1.82) is 0 Å². The van der Waals surface area contributed by atoms with E-state index in [9.17, 15) is 4.39 Å². The summed E-state index contributed by atoms with van der Waals surface area (Å²) in [4.78, 5) is 0. The molecule has 1 nitrogen and oxygen atoms in total. The maximum Gasteiger partial charge on any atom is 0.123 e. The molecule has 0 spiro atoms. The van der Waals surface area contributed by atoms with Gasteiger partial charge >= 0.3 is 0 Å². The van der Waals surface area contributed by atoms with Crippen molar-refractivity contribution in [1.82, 2.24) is 5.32 Å². The minimum absolute atomic E-state index is 0.230. The highest BCUT2D eigenvalue weighted by molar-refractivity contribution is 6.36. The van der Waals surface area contributed by atoms with Crippen molar-refractivity contribution in [2.24, 2.45) is 0 Å². The van der Waals surface area contributed by atoms with Crippen molar-refractivity contribution in [3.63, 3.8) is 0 Å². The second kappa shape index (κ2) is 5.72. The lowest BCUT2D eigenvalue weighted by Crippen LogP contribution is -2.16. The van der Waals surface area contributed by atoms with Gasteiger partial charge in [0.1, 0.15) is 5.82 Å². The van der Waals surface area contributed by atoms with Crippen molar-refractivity contribution >= 4 is 23.2 Å². The van der Waals surface area contributed by atoms with Gasteiger partial charge in [-0.3, -0.25) is 0 Å².